The number of fused-ring (bicyclic) bond motifs is 7. The number of nitrogens with zero attached hydrogens (tertiary/aromatic N) is 14. The lowest BCUT2D eigenvalue weighted by Gasteiger charge is -2.08. The molecule has 0 amide bonds. The highest BCUT2D eigenvalue weighted by molar-refractivity contribution is 6.57. The van der Waals surface area contributed by atoms with Crippen molar-refractivity contribution in [3.63, 3.8) is 0 Å². The van der Waals surface area contributed by atoms with E-state index in [4.69, 9.17) is 0 Å². The number of hydrogen-bond donors (Lipinski definition) is 0. The maximum absolute atomic E-state index is 4.52. The summed E-state index contributed by atoms with van der Waals surface area (Å²) in [5.41, 5.74) is 43.7. The molecule has 0 saturated heterocycles. The van der Waals surface area contributed by atoms with Crippen LogP contribution in [0.25, 0.3) is 88.9 Å². The molecule has 0 saturated carbocycles. The molecule has 138 heavy (non-hydrogen) atoms. The third kappa shape index (κ3) is 27.7. The van der Waals surface area contributed by atoms with E-state index in [9.17, 15) is 0 Å². The number of aromatic nitrogens is 8. The fourth-order valence-corrected chi connectivity index (χ4v) is 16.6. The second-order valence-corrected chi connectivity index (χ2v) is 37.3. The molecule has 0 atom stereocenters. The van der Waals surface area contributed by atoms with Crippen LogP contribution < -0.4 is 10.4 Å². The number of allylic oxidation sites excluding steroid dienone is 16. The molecule has 0 radical (unpaired) electrons. The van der Waals surface area contributed by atoms with Gasteiger partial charge in [-0.15, -0.1) is 0 Å². The molecular formula is C124H126N14. The zero-order valence-electron chi connectivity index (χ0n) is 83.8. The number of hydrogen-bond acceptors (Lipinski definition) is 14. The van der Waals surface area contributed by atoms with E-state index in [1.807, 2.05) is 149 Å². The van der Waals surface area contributed by atoms with Crippen LogP contribution in [0.5, 0.6) is 0 Å². The average Bonchev–Trinajstić information content (AvgIpc) is 0.923. The Morgan fingerprint density at radius 1 is 0.217 bits per heavy atom. The smallest absolute Gasteiger partial charge is 0.125 e. The lowest BCUT2D eigenvalue weighted by Crippen LogP contribution is -2.26. The summed E-state index contributed by atoms with van der Waals surface area (Å²) in [5, 5.41) is 36.2. The summed E-state index contributed by atoms with van der Waals surface area (Å²) in [6.07, 6.45) is 41.8. The molecular weight excluding hydrogens is 1690 g/mol. The molecule has 0 fully saturated rings. The van der Waals surface area contributed by atoms with E-state index in [0.717, 1.165) is 146 Å². The second-order valence-electron chi connectivity index (χ2n) is 37.3. The van der Waals surface area contributed by atoms with Crippen molar-refractivity contribution >= 4 is 112 Å². The SMILES string of the molecule is CC1=CC=C(C2=CC=C(C3=CC=C(C)C3)C2)C1.CC1=NN=C(C2=NN=C(C3=NN=C(C)C3)C2)C1.Cc1ccc(-c2ccc(C)cn2)nc1.Cc1ccc(C)c2c1=CCC=2.Cc1ccc(C)nc1.Cc1ccc(C2=CC=C(c3ccc(C)cc3)C2)cc1.Cc1ccc2c(cnc3cc(C)ccc32)c1.Cc1ccc2cc(C)ccc2c1.Cc1ccc2cc3nc(C)ccc3cc2n1.Cc1cnc(C)nc1. The van der Waals surface area contributed by atoms with E-state index >= 15 is 0 Å². The molecule has 14 heteroatoms. The van der Waals surface area contributed by atoms with Crippen LogP contribution in [0.4, 0.5) is 0 Å². The third-order valence-corrected chi connectivity index (χ3v) is 24.6. The fraction of sp³-hybridized carbons (Fsp3) is 0.226. The van der Waals surface area contributed by atoms with E-state index in [1.54, 1.807) is 0 Å². The van der Waals surface area contributed by atoms with Gasteiger partial charge in [-0.05, 0) is 335 Å². The van der Waals surface area contributed by atoms with Gasteiger partial charge in [0, 0.05) is 106 Å². The van der Waals surface area contributed by atoms with Gasteiger partial charge in [0.15, 0.2) is 0 Å². The summed E-state index contributed by atoms with van der Waals surface area (Å²) in [4.78, 5) is 34.2. The summed E-state index contributed by atoms with van der Waals surface area (Å²) in [7, 11) is 0. The molecule has 692 valence electrons. The van der Waals surface area contributed by atoms with Gasteiger partial charge in [-0.3, -0.25) is 29.9 Å². The lowest BCUT2D eigenvalue weighted by molar-refractivity contribution is 1.03. The van der Waals surface area contributed by atoms with E-state index in [-0.39, 0.29) is 0 Å². The zero-order chi connectivity index (χ0) is 97.5. The van der Waals surface area contributed by atoms with Gasteiger partial charge in [0.25, 0.3) is 0 Å². The average molecular weight is 1810 g/mol. The normalized spacial score (nSPS) is 14.3. The molecule has 7 aromatic heterocycles. The Balaban J connectivity index is 0.000000124. The van der Waals surface area contributed by atoms with Gasteiger partial charge >= 0.3 is 0 Å². The first-order valence-corrected chi connectivity index (χ1v) is 47.7. The van der Waals surface area contributed by atoms with Gasteiger partial charge in [-0.2, -0.15) is 30.6 Å². The molecule has 3 aliphatic heterocycles. The Hall–Kier alpha value is -15.3. The van der Waals surface area contributed by atoms with Gasteiger partial charge in [0.05, 0.1) is 50.8 Å². The van der Waals surface area contributed by atoms with Gasteiger partial charge in [0.2, 0.25) is 0 Å². The van der Waals surface area contributed by atoms with Crippen LogP contribution in [0.1, 0.15) is 180 Å². The highest BCUT2D eigenvalue weighted by Gasteiger charge is 2.26. The summed E-state index contributed by atoms with van der Waals surface area (Å²) < 4.78 is 0. The van der Waals surface area contributed by atoms with Gasteiger partial charge < -0.3 is 0 Å². The van der Waals surface area contributed by atoms with Gasteiger partial charge in [-0.1, -0.05) is 251 Å². The third-order valence-electron chi connectivity index (χ3n) is 24.6. The largest absolute Gasteiger partial charge is 0.261 e. The minimum absolute atomic E-state index is 0.698. The van der Waals surface area contributed by atoms with Crippen LogP contribution in [0.15, 0.2) is 356 Å². The number of benzene rings is 8. The lowest BCUT2D eigenvalue weighted by atomic mass is 9.96. The highest BCUT2D eigenvalue weighted by Crippen LogP contribution is 2.39. The topological polar surface area (TPSA) is 177 Å². The van der Waals surface area contributed by atoms with E-state index in [2.05, 4.69) is 364 Å². The molecule has 14 nitrogen and oxygen atoms in total. The van der Waals surface area contributed by atoms with Crippen LogP contribution >= 0.6 is 0 Å². The summed E-state index contributed by atoms with van der Waals surface area (Å²) in [6.45, 7) is 41.3. The van der Waals surface area contributed by atoms with Crippen LogP contribution in [-0.4, -0.2) is 74.1 Å². The van der Waals surface area contributed by atoms with E-state index in [1.165, 1.54) is 154 Å². The zero-order valence-corrected chi connectivity index (χ0v) is 83.8. The van der Waals surface area contributed by atoms with Crippen LogP contribution in [-0.2, 0) is 0 Å². The molecule has 8 aliphatic rings. The molecule has 15 aromatic rings. The van der Waals surface area contributed by atoms with Crippen molar-refractivity contribution in [1.29, 1.82) is 0 Å². The first-order chi connectivity index (χ1) is 66.5. The predicted molar refractivity (Wildman–Crippen MR) is 586 cm³/mol. The molecule has 5 aliphatic carbocycles. The summed E-state index contributed by atoms with van der Waals surface area (Å²) >= 11 is 0. The fourth-order valence-electron chi connectivity index (χ4n) is 16.6. The van der Waals surface area contributed by atoms with Crippen molar-refractivity contribution in [2.75, 3.05) is 0 Å². The highest BCUT2D eigenvalue weighted by atomic mass is 15.3. The number of pyridine rings is 6. The maximum atomic E-state index is 4.52. The molecule has 0 N–H and O–H groups in total. The molecule has 10 heterocycles. The first-order valence-electron chi connectivity index (χ1n) is 47.7. The Labute approximate surface area is 814 Å². The minimum Gasteiger partial charge on any atom is -0.261 e. The quantitative estimate of drug-likeness (QED) is 0.112. The van der Waals surface area contributed by atoms with Crippen molar-refractivity contribution in [2.24, 2.45) is 30.6 Å². The second kappa shape index (κ2) is 46.8. The molecule has 8 aromatic carbocycles. The molecule has 0 spiro atoms. The minimum atomic E-state index is 0.698. The maximum Gasteiger partial charge on any atom is 0.125 e. The Morgan fingerprint density at radius 3 is 0.993 bits per heavy atom. The number of rotatable bonds is 7. The van der Waals surface area contributed by atoms with Crippen LogP contribution in [0.2, 0.25) is 0 Å². The molecule has 0 bridgehead atoms. The van der Waals surface area contributed by atoms with Crippen LogP contribution in [0, 0.1) is 111 Å². The molecule has 0 unspecified atom stereocenters. The van der Waals surface area contributed by atoms with E-state index < -0.39 is 0 Å². The number of aryl methyl sites for hydroxylation is 16. The Kier molecular flexibility index (Phi) is 33.5. The standard InChI is InChI=1S/C19H18.C17H18.C15H13N.C14H12N2.C12H12N2.C12H12.C11H12N6.C11H12.C7H9N.C6H8N2/c1-14-3-7-16(8-4-14)18-11-12-19(13-18)17-9-5-15(2)6-10-17;1-12-3-5-14(9-12)16-7-8-17(11-16)15-6-4-13(2)10-15;1-10-3-5-13-12(7-10)9-16-15-8-11(2)4-6-14(13)15;1-9-3-5-11-8-14-12(7-13(11)15-9)6-4-10(2)16-14;1-9-3-5-11(13-7-9)12-6-4-10(2)8-14-12;1-9-3-5-12-8-10(2)4-6-11(12)7-9;1-6-3-8(14-12-6)10-5-11(17-16-10)9-4-7(2)13-15-9;1-8-6-7-9(2)11-5-3-4-10(8)11;1-6-3-4-7(2)8-5-6;1-5-3-7-6(2)8-4-5/h3-12H,13H2,1-2H3;3-8H,9-11H2,1-2H3;3-9H,1-2H3;3-8H,1-2H3;3-8H,1-2H3;3-8H,1-2H3;3-5H2,1-2H3;4-7H,3H2,1-2H3;3-5H,1-2H3;3-4H,1-2H3. The Morgan fingerprint density at radius 2 is 0.580 bits per heavy atom. The van der Waals surface area contributed by atoms with Crippen molar-refractivity contribution in [3.8, 4) is 11.4 Å². The predicted octanol–water partition coefficient (Wildman–Crippen LogP) is 29.3. The van der Waals surface area contributed by atoms with E-state index in [0.29, 0.717) is 6.42 Å². The first kappa shape index (κ1) is 98.7. The van der Waals surface area contributed by atoms with Crippen LogP contribution in [0.3, 0.4) is 0 Å². The van der Waals surface area contributed by atoms with Crippen molar-refractivity contribution in [1.82, 2.24) is 39.9 Å². The van der Waals surface area contributed by atoms with Gasteiger partial charge in [0.1, 0.15) is 5.82 Å². The summed E-state index contributed by atoms with van der Waals surface area (Å²) in [6, 6.07) is 72.6. The van der Waals surface area contributed by atoms with Gasteiger partial charge in [-0.25, -0.2) is 9.97 Å². The van der Waals surface area contributed by atoms with Crippen molar-refractivity contribution in [3.05, 3.63) is 437 Å². The Bertz CT molecular complexity index is 7020. The summed E-state index contributed by atoms with van der Waals surface area (Å²) in [5.74, 6) is 0.829. The monoisotopic (exact) mass is 1810 g/mol. The molecule has 23 rings (SSSR count). The van der Waals surface area contributed by atoms with Crippen molar-refractivity contribution < 1.29 is 0 Å². The van der Waals surface area contributed by atoms with Crippen molar-refractivity contribution in [2.45, 2.75) is 190 Å².